The summed E-state index contributed by atoms with van der Waals surface area (Å²) in [5, 5.41) is 3.83. The number of hydrogen-bond acceptors (Lipinski definition) is 2. The molecule has 0 radical (unpaired) electrons. The predicted octanol–water partition coefficient (Wildman–Crippen LogP) is 1.74. The lowest BCUT2D eigenvalue weighted by Crippen LogP contribution is -2.51. The van der Waals surface area contributed by atoms with Gasteiger partial charge in [0.15, 0.2) is 0 Å². The van der Waals surface area contributed by atoms with E-state index < -0.39 is 36.9 Å². The van der Waals surface area contributed by atoms with Crippen LogP contribution in [-0.2, 0) is 4.79 Å². The first-order chi connectivity index (χ1) is 8.09. The lowest BCUT2D eigenvalue weighted by Gasteiger charge is -2.23. The van der Waals surface area contributed by atoms with E-state index in [2.05, 4.69) is 5.32 Å². The van der Waals surface area contributed by atoms with Gasteiger partial charge in [-0.15, -0.1) is 0 Å². The molecule has 2 N–H and O–H groups in total. The molecule has 0 spiro atoms. The molecular formula is C9H12F6N2O. The van der Waals surface area contributed by atoms with Crippen molar-refractivity contribution in [2.45, 2.75) is 43.7 Å². The third-order valence-electron chi connectivity index (χ3n) is 2.65. The second-order valence-electron chi connectivity index (χ2n) is 4.11. The molecule has 1 aliphatic rings. The molecule has 0 bridgehead atoms. The van der Waals surface area contributed by atoms with Crippen LogP contribution in [0, 0.1) is 0 Å². The van der Waals surface area contributed by atoms with Gasteiger partial charge >= 0.3 is 18.3 Å². The monoisotopic (exact) mass is 278 g/mol. The number of halogens is 6. The van der Waals surface area contributed by atoms with Crippen LogP contribution in [-0.4, -0.2) is 36.9 Å². The van der Waals surface area contributed by atoms with E-state index in [9.17, 15) is 31.1 Å². The van der Waals surface area contributed by atoms with Crippen molar-refractivity contribution in [3.63, 3.8) is 0 Å². The van der Waals surface area contributed by atoms with Crippen molar-refractivity contribution < 1.29 is 31.1 Å². The largest absolute Gasteiger partial charge is 0.471 e. The highest BCUT2D eigenvalue weighted by Crippen LogP contribution is 2.23. The van der Waals surface area contributed by atoms with Crippen LogP contribution in [0.3, 0.4) is 0 Å². The molecular weight excluding hydrogens is 266 g/mol. The molecule has 9 heteroatoms. The summed E-state index contributed by atoms with van der Waals surface area (Å²) >= 11 is 0. The lowest BCUT2D eigenvalue weighted by molar-refractivity contribution is -0.174. The van der Waals surface area contributed by atoms with E-state index in [0.29, 0.717) is 12.8 Å². The average molecular weight is 278 g/mol. The smallest absolute Gasteiger partial charge is 0.344 e. The number of nitrogens with one attached hydrogen (secondary N) is 2. The molecule has 0 unspecified atom stereocenters. The normalized spacial score (nSPS) is 25.2. The fourth-order valence-electron chi connectivity index (χ4n) is 1.87. The van der Waals surface area contributed by atoms with Gasteiger partial charge in [-0.25, -0.2) is 0 Å². The Morgan fingerprint density at radius 1 is 1.06 bits per heavy atom. The van der Waals surface area contributed by atoms with Crippen molar-refractivity contribution in [3.8, 4) is 0 Å². The minimum Gasteiger partial charge on any atom is -0.344 e. The molecule has 1 saturated carbocycles. The van der Waals surface area contributed by atoms with E-state index in [1.54, 1.807) is 5.32 Å². The van der Waals surface area contributed by atoms with E-state index in [1.807, 2.05) is 0 Å². The maximum absolute atomic E-state index is 12.0. The molecule has 2 atom stereocenters. The zero-order valence-corrected chi connectivity index (χ0v) is 9.16. The zero-order valence-electron chi connectivity index (χ0n) is 9.16. The van der Waals surface area contributed by atoms with E-state index in [-0.39, 0.29) is 6.42 Å². The van der Waals surface area contributed by atoms with Crippen LogP contribution in [0.1, 0.15) is 19.3 Å². The quantitative estimate of drug-likeness (QED) is 0.772. The topological polar surface area (TPSA) is 41.1 Å². The highest BCUT2D eigenvalue weighted by Gasteiger charge is 2.42. The summed E-state index contributed by atoms with van der Waals surface area (Å²) in [5.74, 6) is -2.12. The summed E-state index contributed by atoms with van der Waals surface area (Å²) in [6.45, 7) is -1.28. The number of alkyl halides is 6. The average Bonchev–Trinajstić information content (AvgIpc) is 2.59. The Morgan fingerprint density at radius 3 is 2.11 bits per heavy atom. The van der Waals surface area contributed by atoms with Crippen molar-refractivity contribution in [2.75, 3.05) is 6.54 Å². The molecule has 0 aromatic carbocycles. The van der Waals surface area contributed by atoms with Gasteiger partial charge in [0.1, 0.15) is 0 Å². The summed E-state index contributed by atoms with van der Waals surface area (Å²) in [6.07, 6.45) is -8.44. The fraction of sp³-hybridized carbons (Fsp3) is 0.889. The molecule has 3 nitrogen and oxygen atoms in total. The van der Waals surface area contributed by atoms with E-state index in [1.165, 1.54) is 0 Å². The molecule has 0 aromatic heterocycles. The highest BCUT2D eigenvalue weighted by atomic mass is 19.4. The Hall–Kier alpha value is -0.990. The first-order valence-corrected chi connectivity index (χ1v) is 5.27. The summed E-state index contributed by atoms with van der Waals surface area (Å²) in [7, 11) is 0. The van der Waals surface area contributed by atoms with Crippen LogP contribution in [0.5, 0.6) is 0 Å². The third kappa shape index (κ3) is 4.71. The zero-order chi connectivity index (χ0) is 14.0. The summed E-state index contributed by atoms with van der Waals surface area (Å²) in [6, 6.07) is -1.70. The summed E-state index contributed by atoms with van der Waals surface area (Å²) in [4.78, 5) is 10.7. The molecule has 0 heterocycles. The third-order valence-corrected chi connectivity index (χ3v) is 2.65. The van der Waals surface area contributed by atoms with Crippen molar-refractivity contribution in [2.24, 2.45) is 0 Å². The van der Waals surface area contributed by atoms with Crippen molar-refractivity contribution in [1.29, 1.82) is 0 Å². The Kier molecular flexibility index (Phi) is 4.46. The maximum atomic E-state index is 12.0. The van der Waals surface area contributed by atoms with Gasteiger partial charge in [-0.1, -0.05) is 0 Å². The van der Waals surface area contributed by atoms with Gasteiger partial charge in [0.2, 0.25) is 0 Å². The molecule has 1 rings (SSSR count). The van der Waals surface area contributed by atoms with E-state index in [0.717, 1.165) is 0 Å². The highest BCUT2D eigenvalue weighted by molar-refractivity contribution is 5.82. The number of carbonyl (C=O) groups excluding carboxylic acids is 1. The van der Waals surface area contributed by atoms with Crippen molar-refractivity contribution >= 4 is 5.91 Å². The van der Waals surface area contributed by atoms with Crippen LogP contribution in [0.4, 0.5) is 26.3 Å². The predicted molar refractivity (Wildman–Crippen MR) is 49.7 cm³/mol. The number of hydrogen-bond donors (Lipinski definition) is 2. The van der Waals surface area contributed by atoms with E-state index >= 15 is 0 Å². The number of rotatable bonds is 3. The number of amides is 1. The van der Waals surface area contributed by atoms with Gasteiger partial charge in [-0.05, 0) is 19.3 Å². The molecule has 106 valence electrons. The van der Waals surface area contributed by atoms with Crippen LogP contribution in [0.15, 0.2) is 0 Å². The molecule has 0 aromatic rings. The minimum atomic E-state index is -5.02. The Bertz CT molecular complexity index is 300. The van der Waals surface area contributed by atoms with Crippen molar-refractivity contribution in [3.05, 3.63) is 0 Å². The second-order valence-corrected chi connectivity index (χ2v) is 4.11. The standard InChI is InChI=1S/C9H12F6N2O/c10-8(11,12)4-16-5-2-1-3-6(5)17-7(18)9(13,14)15/h5-6,16H,1-4H2,(H,17,18)/t5-,6+/m1/s1. The summed E-state index contributed by atoms with van der Waals surface area (Å²) in [5.41, 5.74) is 0. The number of carbonyl (C=O) groups is 1. The van der Waals surface area contributed by atoms with Crippen molar-refractivity contribution in [1.82, 2.24) is 10.6 Å². The van der Waals surface area contributed by atoms with Crippen LogP contribution >= 0.6 is 0 Å². The fourth-order valence-corrected chi connectivity index (χ4v) is 1.87. The molecule has 1 amide bonds. The first kappa shape index (κ1) is 15.1. The van der Waals surface area contributed by atoms with Gasteiger partial charge in [-0.2, -0.15) is 26.3 Å². The van der Waals surface area contributed by atoms with Gasteiger partial charge < -0.3 is 10.6 Å². The van der Waals surface area contributed by atoms with Gasteiger partial charge in [0.25, 0.3) is 0 Å². The SMILES string of the molecule is O=C(N[C@H]1CCC[C@H]1NCC(F)(F)F)C(F)(F)F. The molecule has 0 saturated heterocycles. The Morgan fingerprint density at radius 2 is 1.61 bits per heavy atom. The second kappa shape index (κ2) is 5.33. The van der Waals surface area contributed by atoms with Crippen LogP contribution in [0.2, 0.25) is 0 Å². The Balaban J connectivity index is 2.48. The molecule has 0 aliphatic heterocycles. The maximum Gasteiger partial charge on any atom is 0.471 e. The van der Waals surface area contributed by atoms with Gasteiger partial charge in [-0.3, -0.25) is 4.79 Å². The molecule has 1 fully saturated rings. The molecule has 18 heavy (non-hydrogen) atoms. The van der Waals surface area contributed by atoms with Gasteiger partial charge in [0.05, 0.1) is 6.54 Å². The Labute approximate surface area is 98.9 Å². The van der Waals surface area contributed by atoms with E-state index in [4.69, 9.17) is 0 Å². The first-order valence-electron chi connectivity index (χ1n) is 5.27. The van der Waals surface area contributed by atoms with Crippen LogP contribution < -0.4 is 10.6 Å². The van der Waals surface area contributed by atoms with Crippen LogP contribution in [0.25, 0.3) is 0 Å². The lowest BCUT2D eigenvalue weighted by atomic mass is 10.1. The van der Waals surface area contributed by atoms with Gasteiger partial charge in [0, 0.05) is 12.1 Å². The minimum absolute atomic E-state index is 0.233. The summed E-state index contributed by atoms with van der Waals surface area (Å²) < 4.78 is 71.9. The molecule has 1 aliphatic carbocycles.